The van der Waals surface area contributed by atoms with Gasteiger partial charge in [0.1, 0.15) is 5.72 Å². The fourth-order valence-electron chi connectivity index (χ4n) is 3.77. The van der Waals surface area contributed by atoms with Gasteiger partial charge in [0, 0.05) is 38.0 Å². The van der Waals surface area contributed by atoms with Crippen molar-refractivity contribution in [3.8, 4) is 0 Å². The van der Waals surface area contributed by atoms with Gasteiger partial charge in [-0.2, -0.15) is 0 Å². The zero-order valence-electron chi connectivity index (χ0n) is 11.2. The van der Waals surface area contributed by atoms with E-state index in [1.54, 1.807) is 0 Å². The molecule has 3 aliphatic rings. The molecule has 0 aromatic carbocycles. The van der Waals surface area contributed by atoms with Crippen molar-refractivity contribution in [2.75, 3.05) is 19.8 Å². The lowest BCUT2D eigenvalue weighted by atomic mass is 9.75. The molecule has 98 valence electrons. The van der Waals surface area contributed by atoms with Crippen molar-refractivity contribution < 1.29 is 9.47 Å². The van der Waals surface area contributed by atoms with E-state index in [1.165, 1.54) is 12.8 Å². The van der Waals surface area contributed by atoms with Crippen LogP contribution >= 0.6 is 0 Å². The van der Waals surface area contributed by atoms with E-state index in [4.69, 9.17) is 9.47 Å². The van der Waals surface area contributed by atoms with Crippen LogP contribution in [0, 0.1) is 5.41 Å². The summed E-state index contributed by atoms with van der Waals surface area (Å²) in [5, 5.41) is 3.69. The Bertz CT molecular complexity index is 289. The van der Waals surface area contributed by atoms with Crippen LogP contribution in [-0.2, 0) is 9.47 Å². The van der Waals surface area contributed by atoms with Gasteiger partial charge in [-0.1, -0.05) is 13.8 Å². The highest BCUT2D eigenvalue weighted by molar-refractivity contribution is 5.15. The van der Waals surface area contributed by atoms with Crippen LogP contribution in [0.15, 0.2) is 0 Å². The number of fused-ring (bicyclic) bond motifs is 1. The lowest BCUT2D eigenvalue weighted by Gasteiger charge is -2.55. The molecule has 0 radical (unpaired) electrons. The summed E-state index contributed by atoms with van der Waals surface area (Å²) >= 11 is 0. The van der Waals surface area contributed by atoms with Gasteiger partial charge in [-0.25, -0.2) is 0 Å². The molecule has 0 aromatic rings. The highest BCUT2D eigenvalue weighted by atomic mass is 16.6. The van der Waals surface area contributed by atoms with Gasteiger partial charge in [-0.15, -0.1) is 0 Å². The third kappa shape index (κ3) is 1.66. The second-order valence-electron chi connectivity index (χ2n) is 6.04. The van der Waals surface area contributed by atoms with Crippen LogP contribution in [0.2, 0.25) is 0 Å². The van der Waals surface area contributed by atoms with Crippen molar-refractivity contribution in [3.63, 3.8) is 0 Å². The van der Waals surface area contributed by atoms with Gasteiger partial charge >= 0.3 is 0 Å². The molecule has 2 aliphatic heterocycles. The van der Waals surface area contributed by atoms with Gasteiger partial charge in [0.15, 0.2) is 0 Å². The Labute approximate surface area is 104 Å². The van der Waals surface area contributed by atoms with E-state index in [1.807, 2.05) is 0 Å². The summed E-state index contributed by atoms with van der Waals surface area (Å²) in [5.41, 5.74) is 0.471. The molecule has 1 N–H and O–H groups in total. The summed E-state index contributed by atoms with van der Waals surface area (Å²) < 4.78 is 12.2. The van der Waals surface area contributed by atoms with Crippen molar-refractivity contribution in [3.05, 3.63) is 0 Å². The summed E-state index contributed by atoms with van der Waals surface area (Å²) in [6, 6.07) is 0. The van der Waals surface area contributed by atoms with E-state index < -0.39 is 0 Å². The van der Waals surface area contributed by atoms with E-state index in [0.29, 0.717) is 5.41 Å². The normalized spacial score (nSPS) is 32.8. The predicted molar refractivity (Wildman–Crippen MR) is 66.9 cm³/mol. The first-order chi connectivity index (χ1) is 8.20. The quantitative estimate of drug-likeness (QED) is 0.803. The standard InChI is InChI=1S/C14H25NO2/c1-3-14(4-2)15-11-12(5-6-12)13(17-14)7-9-16-10-8-13/h15H,3-11H2,1-2H3. The van der Waals surface area contributed by atoms with Crippen molar-refractivity contribution in [1.29, 1.82) is 0 Å². The first kappa shape index (κ1) is 11.9. The molecule has 2 saturated heterocycles. The maximum absolute atomic E-state index is 6.69. The molecule has 3 heteroatoms. The summed E-state index contributed by atoms with van der Waals surface area (Å²) in [4.78, 5) is 0. The second kappa shape index (κ2) is 3.94. The Hall–Kier alpha value is -0.120. The Balaban J connectivity index is 1.87. The van der Waals surface area contributed by atoms with Crippen molar-refractivity contribution in [2.45, 2.75) is 63.7 Å². The third-order valence-corrected chi connectivity index (χ3v) is 5.40. The zero-order valence-corrected chi connectivity index (χ0v) is 11.2. The van der Waals surface area contributed by atoms with Gasteiger partial charge in [-0.05, 0) is 25.7 Å². The lowest BCUT2D eigenvalue weighted by Crippen LogP contribution is -2.66. The summed E-state index contributed by atoms with van der Waals surface area (Å²) in [6.07, 6.45) is 6.98. The Morgan fingerprint density at radius 3 is 2.18 bits per heavy atom. The van der Waals surface area contributed by atoms with Crippen LogP contribution in [0.4, 0.5) is 0 Å². The molecule has 1 aliphatic carbocycles. The van der Waals surface area contributed by atoms with Gasteiger partial charge in [-0.3, -0.25) is 5.32 Å². The summed E-state index contributed by atoms with van der Waals surface area (Å²) in [6.45, 7) is 7.37. The first-order valence-electron chi connectivity index (χ1n) is 7.23. The minimum Gasteiger partial charge on any atom is -0.381 e. The average molecular weight is 239 g/mol. The first-order valence-corrected chi connectivity index (χ1v) is 7.23. The summed E-state index contributed by atoms with van der Waals surface area (Å²) in [5.74, 6) is 0. The molecule has 0 bridgehead atoms. The number of ether oxygens (including phenoxy) is 2. The number of hydrogen-bond donors (Lipinski definition) is 1. The topological polar surface area (TPSA) is 30.5 Å². The number of hydrogen-bond acceptors (Lipinski definition) is 3. The average Bonchev–Trinajstić information content (AvgIpc) is 3.16. The SMILES string of the molecule is CCC1(CC)NCC2(CC2)C2(CCOCC2)O1. The predicted octanol–water partition coefficient (Wildman–Crippen LogP) is 2.45. The molecule has 3 nitrogen and oxygen atoms in total. The van der Waals surface area contributed by atoms with Crippen LogP contribution in [0.3, 0.4) is 0 Å². The monoisotopic (exact) mass is 239 g/mol. The van der Waals surface area contributed by atoms with E-state index in [2.05, 4.69) is 19.2 Å². The molecule has 0 aromatic heterocycles. The van der Waals surface area contributed by atoms with E-state index in [9.17, 15) is 0 Å². The van der Waals surface area contributed by atoms with E-state index >= 15 is 0 Å². The Morgan fingerprint density at radius 2 is 1.65 bits per heavy atom. The van der Waals surface area contributed by atoms with Crippen LogP contribution in [0.25, 0.3) is 0 Å². The Kier molecular flexibility index (Phi) is 2.77. The fourth-order valence-corrected chi connectivity index (χ4v) is 3.77. The van der Waals surface area contributed by atoms with Gasteiger partial charge < -0.3 is 9.47 Å². The van der Waals surface area contributed by atoms with E-state index in [0.717, 1.165) is 45.4 Å². The lowest BCUT2D eigenvalue weighted by molar-refractivity contribution is -0.261. The maximum Gasteiger partial charge on any atom is 0.119 e. The third-order valence-electron chi connectivity index (χ3n) is 5.40. The molecule has 17 heavy (non-hydrogen) atoms. The van der Waals surface area contributed by atoms with Crippen LogP contribution in [0.1, 0.15) is 52.4 Å². The number of rotatable bonds is 2. The number of nitrogens with one attached hydrogen (secondary N) is 1. The molecular formula is C14H25NO2. The minimum atomic E-state index is -0.0782. The highest BCUT2D eigenvalue weighted by Crippen LogP contribution is 2.62. The molecular weight excluding hydrogens is 214 g/mol. The van der Waals surface area contributed by atoms with Gasteiger partial charge in [0.2, 0.25) is 0 Å². The molecule has 0 atom stereocenters. The molecule has 2 spiro atoms. The largest absolute Gasteiger partial charge is 0.381 e. The maximum atomic E-state index is 6.69. The molecule has 0 amide bonds. The van der Waals surface area contributed by atoms with Crippen molar-refractivity contribution in [2.24, 2.45) is 5.41 Å². The second-order valence-corrected chi connectivity index (χ2v) is 6.04. The molecule has 3 rings (SSSR count). The van der Waals surface area contributed by atoms with Gasteiger partial charge in [0.05, 0.1) is 5.60 Å². The highest BCUT2D eigenvalue weighted by Gasteiger charge is 2.64. The van der Waals surface area contributed by atoms with Crippen LogP contribution < -0.4 is 5.32 Å². The smallest absolute Gasteiger partial charge is 0.119 e. The Morgan fingerprint density at radius 1 is 1.00 bits per heavy atom. The summed E-state index contributed by atoms with van der Waals surface area (Å²) in [7, 11) is 0. The van der Waals surface area contributed by atoms with Crippen molar-refractivity contribution in [1.82, 2.24) is 5.32 Å². The fraction of sp³-hybridized carbons (Fsp3) is 1.00. The molecule has 1 saturated carbocycles. The zero-order chi connectivity index (χ0) is 12.0. The van der Waals surface area contributed by atoms with Crippen molar-refractivity contribution >= 4 is 0 Å². The van der Waals surface area contributed by atoms with Crippen LogP contribution in [0.5, 0.6) is 0 Å². The van der Waals surface area contributed by atoms with Gasteiger partial charge in [0.25, 0.3) is 0 Å². The molecule has 3 fully saturated rings. The minimum absolute atomic E-state index is 0.0782. The molecule has 0 unspecified atom stereocenters. The van der Waals surface area contributed by atoms with Crippen LogP contribution in [-0.4, -0.2) is 31.1 Å². The van der Waals surface area contributed by atoms with E-state index in [-0.39, 0.29) is 11.3 Å². The molecule has 2 heterocycles.